The third-order valence-corrected chi connectivity index (χ3v) is 15.1. The van der Waals surface area contributed by atoms with E-state index in [1.807, 2.05) is 20.8 Å². The van der Waals surface area contributed by atoms with Crippen molar-refractivity contribution < 1.29 is 28.7 Å². The SMILES string of the molecule is CC(C)(C)c1cc2cc(c1)C(=O)Nc1cccc(n1)NC(=O)CCCCCOC13c4ccccc4C(c4ccccc41)C1(OCCCCCC(=O)Nc4cccc(n4)NC2=O)c2ccccc2C3c2ccccc21. The summed E-state index contributed by atoms with van der Waals surface area (Å²) in [5.74, 6) is -0.621. The van der Waals surface area contributed by atoms with Gasteiger partial charge >= 0.3 is 0 Å². The number of carbonyl (C=O) groups excluding carboxylic acids is 4. The van der Waals surface area contributed by atoms with E-state index in [9.17, 15) is 19.2 Å². The van der Waals surface area contributed by atoms with Crippen molar-refractivity contribution in [3.05, 3.63) is 213 Å². The number of aromatic nitrogens is 2. The van der Waals surface area contributed by atoms with Crippen molar-refractivity contribution in [3.8, 4) is 0 Å². The highest BCUT2D eigenvalue weighted by Crippen LogP contribution is 2.69. The van der Waals surface area contributed by atoms with Crippen LogP contribution in [0.1, 0.15) is 155 Å². The Hall–Kier alpha value is -7.80. The summed E-state index contributed by atoms with van der Waals surface area (Å²) < 4.78 is 15.2. The van der Waals surface area contributed by atoms with Crippen LogP contribution in [-0.4, -0.2) is 46.8 Å². The normalized spacial score (nSPS) is 22.3. The quantitative estimate of drug-likeness (QED) is 0.117. The summed E-state index contributed by atoms with van der Waals surface area (Å²) >= 11 is 0. The fourth-order valence-electron chi connectivity index (χ4n) is 11.8. The van der Waals surface area contributed by atoms with Gasteiger partial charge in [-0.1, -0.05) is 143 Å². The van der Waals surface area contributed by atoms with Gasteiger partial charge < -0.3 is 30.7 Å². The molecule has 4 aliphatic heterocycles. The Bertz CT molecular complexity index is 3020. The Morgan fingerprint density at radius 2 is 0.784 bits per heavy atom. The topological polar surface area (TPSA) is 161 Å². The van der Waals surface area contributed by atoms with Crippen molar-refractivity contribution >= 4 is 46.9 Å². The zero-order valence-corrected chi connectivity index (χ0v) is 42.0. The van der Waals surface area contributed by atoms with E-state index in [0.717, 1.165) is 53.5 Å². The maximum atomic E-state index is 13.9. The van der Waals surface area contributed by atoms with Gasteiger partial charge in [0.15, 0.2) is 0 Å². The smallest absolute Gasteiger partial charge is 0.256 e. The molecule has 10 aliphatic rings. The minimum atomic E-state index is -0.869. The lowest BCUT2D eigenvalue weighted by Gasteiger charge is -2.59. The molecule has 0 fully saturated rings. The third kappa shape index (κ3) is 8.85. The summed E-state index contributed by atoms with van der Waals surface area (Å²) in [5.41, 5.74) is 8.45. The number of ether oxygens (including phenoxy) is 2. The van der Waals surface area contributed by atoms with Crippen molar-refractivity contribution in [3.63, 3.8) is 0 Å². The number of carbonyl (C=O) groups is 4. The van der Waals surface area contributed by atoms with Crippen LogP contribution in [0.15, 0.2) is 152 Å². The predicted octanol–water partition coefficient (Wildman–Crippen LogP) is 12.1. The molecule has 6 aliphatic carbocycles. The monoisotopic (exact) mass is 984 g/mol. The van der Waals surface area contributed by atoms with Crippen LogP contribution >= 0.6 is 0 Å². The van der Waals surface area contributed by atoms with E-state index in [2.05, 4.69) is 128 Å². The largest absolute Gasteiger partial charge is 0.365 e. The van der Waals surface area contributed by atoms with Gasteiger partial charge in [-0.15, -0.1) is 0 Å². The minimum absolute atomic E-state index is 0.184. The van der Waals surface area contributed by atoms with Crippen molar-refractivity contribution in [1.29, 1.82) is 0 Å². The first kappa shape index (κ1) is 48.5. The number of hydrogen-bond donors (Lipinski definition) is 4. The van der Waals surface area contributed by atoms with Gasteiger partial charge in [0.05, 0.1) is 0 Å². The van der Waals surface area contributed by atoms with Crippen LogP contribution in [0.25, 0.3) is 0 Å². The van der Waals surface area contributed by atoms with E-state index in [4.69, 9.17) is 9.47 Å². The number of nitrogens with zero attached hydrogens (tertiary/aromatic N) is 2. The van der Waals surface area contributed by atoms with Gasteiger partial charge in [-0.05, 0) is 124 Å². The molecular weight excluding hydrogens is 925 g/mol. The molecule has 10 bridgehead atoms. The standard InChI is InChI=1S/C62H60N6O6/c1-60(2,3)41-37-39-36-40(38-41)59(72)68-53-31-19-29-51(64-53)66-55(70)33-7-5-17-35-74-62-48-26-14-10-22-44(48)56(45-23-11-15-27-49(45)62)61(46-24-12-8-20-42(46)57(62)43-21-9-13-25-47(43)61)73-34-16-4-6-32-54(69)65-50-28-18-30-52(63-50)67-58(39)71/h8-15,18-31,36-38,56-57H,4-7,16-17,32-35H2,1-3H3,(H2,63,65,67,69,71)(H2,64,66,68,70,72). The average Bonchev–Trinajstić information content (AvgIpc) is 3.39. The van der Waals surface area contributed by atoms with Crippen molar-refractivity contribution in [2.45, 2.75) is 101 Å². The number of amides is 4. The van der Waals surface area contributed by atoms with Crippen molar-refractivity contribution in [2.24, 2.45) is 0 Å². The van der Waals surface area contributed by atoms with Crippen LogP contribution in [0.4, 0.5) is 23.3 Å². The number of anilines is 4. The van der Waals surface area contributed by atoms with Crippen molar-refractivity contribution in [2.75, 3.05) is 34.5 Å². The van der Waals surface area contributed by atoms with Crippen LogP contribution < -0.4 is 21.3 Å². The summed E-state index contributed by atoms with van der Waals surface area (Å²) in [6, 6.07) is 50.2. The first-order valence-electron chi connectivity index (χ1n) is 25.9. The maximum absolute atomic E-state index is 13.9. The third-order valence-electron chi connectivity index (χ3n) is 15.1. The molecule has 4 N–H and O–H groups in total. The second-order valence-electron chi connectivity index (χ2n) is 20.9. The molecule has 4 amide bonds. The molecule has 17 rings (SSSR count). The van der Waals surface area contributed by atoms with E-state index in [1.165, 1.54) is 28.3 Å². The van der Waals surface area contributed by atoms with Gasteiger partial charge in [0, 0.05) is 49.0 Å². The first-order chi connectivity index (χ1) is 35.9. The van der Waals surface area contributed by atoms with E-state index >= 15 is 0 Å². The Morgan fingerprint density at radius 3 is 1.15 bits per heavy atom. The van der Waals surface area contributed by atoms with Crippen LogP contribution in [-0.2, 0) is 35.7 Å². The second kappa shape index (κ2) is 19.9. The zero-order valence-electron chi connectivity index (χ0n) is 42.0. The molecule has 374 valence electrons. The summed E-state index contributed by atoms with van der Waals surface area (Å²) in [6.07, 6.45) is 4.81. The lowest BCUT2D eigenvalue weighted by molar-refractivity contribution is -0.117. The lowest BCUT2D eigenvalue weighted by atomic mass is 9.49. The fourth-order valence-corrected chi connectivity index (χ4v) is 11.8. The molecule has 12 heteroatoms. The molecule has 7 aromatic rings. The number of pyridine rings is 2. The molecule has 12 nitrogen and oxygen atoms in total. The maximum Gasteiger partial charge on any atom is 0.256 e. The van der Waals surface area contributed by atoms with Gasteiger partial charge in [-0.2, -0.15) is 0 Å². The molecule has 0 saturated heterocycles. The molecule has 74 heavy (non-hydrogen) atoms. The van der Waals surface area contributed by atoms with Crippen LogP contribution in [0, 0.1) is 0 Å². The van der Waals surface area contributed by atoms with E-state index < -0.39 is 28.4 Å². The molecule has 0 unspecified atom stereocenters. The van der Waals surface area contributed by atoms with E-state index in [0.29, 0.717) is 37.7 Å². The van der Waals surface area contributed by atoms with Gasteiger partial charge in [0.2, 0.25) is 11.8 Å². The van der Waals surface area contributed by atoms with E-state index in [1.54, 1.807) is 48.5 Å². The Balaban J connectivity index is 0.919. The van der Waals surface area contributed by atoms with Gasteiger partial charge in [-0.3, -0.25) is 19.2 Å². The highest BCUT2D eigenvalue weighted by molar-refractivity contribution is 6.09. The van der Waals surface area contributed by atoms with Crippen LogP contribution in [0.5, 0.6) is 0 Å². The highest BCUT2D eigenvalue weighted by Gasteiger charge is 2.64. The first-order valence-corrected chi connectivity index (χ1v) is 25.9. The molecule has 2 aromatic heterocycles. The minimum Gasteiger partial charge on any atom is -0.365 e. The molecule has 6 heterocycles. The summed E-state index contributed by atoms with van der Waals surface area (Å²) in [4.78, 5) is 63.6. The zero-order chi connectivity index (χ0) is 51.0. The predicted molar refractivity (Wildman–Crippen MR) is 287 cm³/mol. The van der Waals surface area contributed by atoms with Gasteiger partial charge in [0.1, 0.15) is 34.5 Å². The number of nitrogens with one attached hydrogen (secondary N) is 4. The Labute approximate surface area is 431 Å². The summed E-state index contributed by atoms with van der Waals surface area (Å²) in [7, 11) is 0. The lowest BCUT2D eigenvalue weighted by Crippen LogP contribution is -2.55. The number of hydrogen-bond acceptors (Lipinski definition) is 8. The van der Waals surface area contributed by atoms with Crippen LogP contribution in [0.2, 0.25) is 0 Å². The molecule has 5 aromatic carbocycles. The highest BCUT2D eigenvalue weighted by atomic mass is 16.5. The average molecular weight is 985 g/mol. The molecule has 0 saturated carbocycles. The van der Waals surface area contributed by atoms with E-state index in [-0.39, 0.29) is 59.3 Å². The number of rotatable bonds is 0. The Kier molecular flexibility index (Phi) is 13.0. The number of benzene rings is 5. The summed E-state index contributed by atoms with van der Waals surface area (Å²) in [6.45, 7) is 6.94. The Morgan fingerprint density at radius 1 is 0.432 bits per heavy atom. The van der Waals surface area contributed by atoms with Gasteiger partial charge in [0.25, 0.3) is 11.8 Å². The molecule has 0 radical (unpaired) electrons. The summed E-state index contributed by atoms with van der Waals surface area (Å²) in [5, 5.41) is 11.5. The molecule has 2 spiro atoms. The van der Waals surface area contributed by atoms with Gasteiger partial charge in [-0.25, -0.2) is 9.97 Å². The fraction of sp³-hybridized carbons (Fsp3) is 0.290. The van der Waals surface area contributed by atoms with Crippen molar-refractivity contribution in [1.82, 2.24) is 9.97 Å². The van der Waals surface area contributed by atoms with Crippen LogP contribution in [0.3, 0.4) is 0 Å². The molecular formula is C62H60N6O6. The molecule has 0 atom stereocenters. The second-order valence-corrected chi connectivity index (χ2v) is 20.9.